The minimum atomic E-state index is -4.55. The first-order valence-electron chi connectivity index (χ1n) is 12.0. The van der Waals surface area contributed by atoms with Crippen molar-refractivity contribution >= 4 is 0 Å². The Labute approximate surface area is 192 Å². The Kier molecular flexibility index (Phi) is 7.30. The molecule has 6 heteroatoms. The summed E-state index contributed by atoms with van der Waals surface area (Å²) in [6.45, 7) is 0.681. The summed E-state index contributed by atoms with van der Waals surface area (Å²) >= 11 is 0. The van der Waals surface area contributed by atoms with E-state index in [0.29, 0.717) is 5.92 Å². The number of benzene rings is 2. The van der Waals surface area contributed by atoms with E-state index in [-0.39, 0.29) is 11.1 Å². The van der Waals surface area contributed by atoms with Crippen molar-refractivity contribution in [1.29, 1.82) is 0 Å². The number of fused-ring (bicyclic) bond motifs is 1. The number of rotatable bonds is 6. The van der Waals surface area contributed by atoms with Crippen molar-refractivity contribution in [2.45, 2.75) is 70.4 Å². The summed E-state index contributed by atoms with van der Waals surface area (Å²) in [4.78, 5) is 0. The van der Waals surface area contributed by atoms with Crippen LogP contribution in [0.3, 0.4) is 0 Å². The lowest BCUT2D eigenvalue weighted by molar-refractivity contribution is -0.153. The number of hydrogen-bond acceptors (Lipinski definition) is 1. The molecule has 0 saturated heterocycles. The summed E-state index contributed by atoms with van der Waals surface area (Å²) in [5.74, 6) is 0.845. The SMILES string of the molecule is CCCC1CCC2CC(c3ccc(-c4ccc(OCC(F)(F)F)c(F)c4)c(F)c3)CCC2C1. The Bertz CT molecular complexity index is 954. The summed E-state index contributed by atoms with van der Waals surface area (Å²) in [5.41, 5.74) is 1.48. The van der Waals surface area contributed by atoms with Crippen LogP contribution in [0.5, 0.6) is 5.75 Å². The van der Waals surface area contributed by atoms with Crippen molar-refractivity contribution in [3.63, 3.8) is 0 Å². The molecule has 0 amide bonds. The molecule has 0 aliphatic heterocycles. The summed E-state index contributed by atoms with van der Waals surface area (Å²) in [5, 5.41) is 0. The molecular weight excluding hydrogens is 435 g/mol. The van der Waals surface area contributed by atoms with Gasteiger partial charge >= 0.3 is 6.18 Å². The Morgan fingerprint density at radius 2 is 1.64 bits per heavy atom. The zero-order chi connectivity index (χ0) is 23.6. The van der Waals surface area contributed by atoms with Gasteiger partial charge in [-0.05, 0) is 85.1 Å². The van der Waals surface area contributed by atoms with Crippen LogP contribution in [-0.2, 0) is 0 Å². The van der Waals surface area contributed by atoms with E-state index in [2.05, 4.69) is 11.7 Å². The van der Waals surface area contributed by atoms with E-state index in [0.717, 1.165) is 48.3 Å². The standard InChI is InChI=1S/C27H31F5O/c1-2-3-17-4-5-19-13-20(7-6-18(19)12-17)21-8-10-23(24(28)14-21)22-9-11-26(25(29)15-22)33-16-27(30,31)32/h8-11,14-15,17-20H,2-7,12-13,16H2,1H3. The highest BCUT2D eigenvalue weighted by atomic mass is 19.4. The second kappa shape index (κ2) is 10.0. The molecule has 33 heavy (non-hydrogen) atoms. The normalized spacial score (nSPS) is 25.5. The zero-order valence-corrected chi connectivity index (χ0v) is 18.9. The van der Waals surface area contributed by atoms with Gasteiger partial charge in [-0.2, -0.15) is 13.2 Å². The molecule has 2 fully saturated rings. The fraction of sp³-hybridized carbons (Fsp3) is 0.556. The minimum absolute atomic E-state index is 0.230. The van der Waals surface area contributed by atoms with Gasteiger partial charge in [0, 0.05) is 5.56 Å². The highest BCUT2D eigenvalue weighted by molar-refractivity contribution is 5.65. The fourth-order valence-corrected chi connectivity index (χ4v) is 5.92. The van der Waals surface area contributed by atoms with E-state index in [9.17, 15) is 22.0 Å². The third-order valence-corrected chi connectivity index (χ3v) is 7.52. The van der Waals surface area contributed by atoms with Crippen molar-refractivity contribution in [2.75, 3.05) is 6.61 Å². The van der Waals surface area contributed by atoms with Crippen LogP contribution >= 0.6 is 0 Å². The number of hydrogen-bond donors (Lipinski definition) is 0. The number of halogens is 5. The van der Waals surface area contributed by atoms with Gasteiger partial charge in [0.2, 0.25) is 0 Å². The molecule has 0 aromatic heterocycles. The molecule has 4 rings (SSSR count). The van der Waals surface area contributed by atoms with Crippen molar-refractivity contribution in [1.82, 2.24) is 0 Å². The zero-order valence-electron chi connectivity index (χ0n) is 18.9. The summed E-state index contributed by atoms with van der Waals surface area (Å²) < 4.78 is 70.6. The highest BCUT2D eigenvalue weighted by Gasteiger charge is 2.36. The van der Waals surface area contributed by atoms with Crippen LogP contribution in [0.4, 0.5) is 22.0 Å². The predicted molar refractivity (Wildman–Crippen MR) is 119 cm³/mol. The van der Waals surface area contributed by atoms with Gasteiger partial charge in [-0.15, -0.1) is 0 Å². The molecule has 2 aliphatic rings. The van der Waals surface area contributed by atoms with Gasteiger partial charge in [0.1, 0.15) is 5.82 Å². The number of ether oxygens (including phenoxy) is 1. The molecule has 0 heterocycles. The smallest absolute Gasteiger partial charge is 0.422 e. The maximum atomic E-state index is 15.0. The molecule has 0 N–H and O–H groups in total. The molecule has 4 atom stereocenters. The van der Waals surface area contributed by atoms with E-state index >= 15 is 0 Å². The first-order valence-corrected chi connectivity index (χ1v) is 12.0. The van der Waals surface area contributed by atoms with Gasteiger partial charge in [0.25, 0.3) is 0 Å². The Hall–Kier alpha value is -2.11. The van der Waals surface area contributed by atoms with Crippen molar-refractivity contribution in [3.05, 3.63) is 53.6 Å². The van der Waals surface area contributed by atoms with Gasteiger partial charge in [-0.3, -0.25) is 0 Å². The van der Waals surface area contributed by atoms with Crippen LogP contribution in [0.25, 0.3) is 11.1 Å². The summed E-state index contributed by atoms with van der Waals surface area (Å²) in [7, 11) is 0. The molecule has 2 aromatic carbocycles. The molecule has 1 nitrogen and oxygen atoms in total. The first kappa shape index (κ1) is 24.0. The summed E-state index contributed by atoms with van der Waals surface area (Å²) in [6, 6.07) is 8.63. The maximum Gasteiger partial charge on any atom is 0.422 e. The lowest BCUT2D eigenvalue weighted by Gasteiger charge is -2.42. The minimum Gasteiger partial charge on any atom is -0.481 e. The second-order valence-electron chi connectivity index (χ2n) is 9.79. The monoisotopic (exact) mass is 466 g/mol. The molecule has 0 spiro atoms. The topological polar surface area (TPSA) is 9.23 Å². The molecule has 4 unspecified atom stereocenters. The first-order chi connectivity index (χ1) is 15.7. The van der Waals surface area contributed by atoms with Gasteiger partial charge in [-0.1, -0.05) is 44.4 Å². The van der Waals surface area contributed by atoms with E-state index in [4.69, 9.17) is 0 Å². The Morgan fingerprint density at radius 3 is 2.33 bits per heavy atom. The van der Waals surface area contributed by atoms with Crippen LogP contribution in [0.15, 0.2) is 36.4 Å². The molecule has 0 bridgehead atoms. The van der Waals surface area contributed by atoms with Crippen molar-refractivity contribution < 1.29 is 26.7 Å². The quantitative estimate of drug-likeness (QED) is 0.387. The fourth-order valence-electron chi connectivity index (χ4n) is 5.92. The third kappa shape index (κ3) is 5.88. The molecule has 2 saturated carbocycles. The average molecular weight is 467 g/mol. The molecular formula is C27H31F5O. The third-order valence-electron chi connectivity index (χ3n) is 7.52. The van der Waals surface area contributed by atoms with E-state index < -0.39 is 30.2 Å². The Balaban J connectivity index is 1.43. The van der Waals surface area contributed by atoms with E-state index in [1.54, 1.807) is 12.1 Å². The number of alkyl halides is 3. The molecule has 2 aromatic rings. The van der Waals surface area contributed by atoms with E-state index in [1.807, 2.05) is 6.07 Å². The van der Waals surface area contributed by atoms with Crippen LogP contribution < -0.4 is 4.74 Å². The second-order valence-corrected chi connectivity index (χ2v) is 9.79. The largest absolute Gasteiger partial charge is 0.481 e. The van der Waals surface area contributed by atoms with Crippen molar-refractivity contribution in [2.24, 2.45) is 17.8 Å². The van der Waals surface area contributed by atoms with Crippen LogP contribution in [0, 0.1) is 29.4 Å². The van der Waals surface area contributed by atoms with Crippen LogP contribution in [0.1, 0.15) is 69.8 Å². The summed E-state index contributed by atoms with van der Waals surface area (Å²) in [6.07, 6.45) is 5.31. The van der Waals surface area contributed by atoms with Gasteiger partial charge in [0.15, 0.2) is 18.2 Å². The van der Waals surface area contributed by atoms with Gasteiger partial charge in [0.05, 0.1) is 0 Å². The van der Waals surface area contributed by atoms with Crippen LogP contribution in [-0.4, -0.2) is 12.8 Å². The molecule has 2 aliphatic carbocycles. The maximum absolute atomic E-state index is 15.0. The van der Waals surface area contributed by atoms with E-state index in [1.165, 1.54) is 44.6 Å². The average Bonchev–Trinajstić information content (AvgIpc) is 2.77. The van der Waals surface area contributed by atoms with Gasteiger partial charge < -0.3 is 4.74 Å². The lowest BCUT2D eigenvalue weighted by atomic mass is 9.63. The lowest BCUT2D eigenvalue weighted by Crippen LogP contribution is -2.30. The highest BCUT2D eigenvalue weighted by Crippen LogP contribution is 2.48. The van der Waals surface area contributed by atoms with Crippen LogP contribution in [0.2, 0.25) is 0 Å². The van der Waals surface area contributed by atoms with Crippen molar-refractivity contribution in [3.8, 4) is 16.9 Å². The van der Waals surface area contributed by atoms with Gasteiger partial charge in [-0.25, -0.2) is 8.78 Å². The Morgan fingerprint density at radius 1 is 0.879 bits per heavy atom. The predicted octanol–water partition coefficient (Wildman–Crippen LogP) is 8.67. The molecule has 0 radical (unpaired) electrons. The molecule has 180 valence electrons.